The molecule has 0 aliphatic carbocycles. The van der Waals surface area contributed by atoms with Gasteiger partial charge in [-0.1, -0.05) is 6.92 Å². The van der Waals surface area contributed by atoms with Crippen LogP contribution < -0.4 is 4.90 Å². The van der Waals surface area contributed by atoms with Crippen molar-refractivity contribution in [1.29, 1.82) is 0 Å². The zero-order valence-electron chi connectivity index (χ0n) is 11.5. The van der Waals surface area contributed by atoms with Crippen LogP contribution in [0.4, 0.5) is 5.82 Å². The fourth-order valence-corrected chi connectivity index (χ4v) is 2.83. The van der Waals surface area contributed by atoms with Gasteiger partial charge in [0.1, 0.15) is 5.82 Å². The second kappa shape index (κ2) is 5.89. The third-order valence-corrected chi connectivity index (χ3v) is 4.04. The third kappa shape index (κ3) is 2.78. The summed E-state index contributed by atoms with van der Waals surface area (Å²) in [5, 5.41) is 0. The van der Waals surface area contributed by atoms with Gasteiger partial charge in [0.05, 0.1) is 0 Å². The molecular formula is C14H22ClN3. The first kappa shape index (κ1) is 13.6. The van der Waals surface area contributed by atoms with Crippen molar-refractivity contribution in [3.05, 3.63) is 23.4 Å². The highest BCUT2D eigenvalue weighted by atomic mass is 35.5. The predicted octanol–water partition coefficient (Wildman–Crippen LogP) is 2.66. The predicted molar refractivity (Wildman–Crippen MR) is 77.5 cm³/mol. The minimum Gasteiger partial charge on any atom is -0.354 e. The van der Waals surface area contributed by atoms with Crippen molar-refractivity contribution >= 4 is 17.4 Å². The maximum atomic E-state index is 5.84. The number of piperazine rings is 1. The molecule has 0 amide bonds. The monoisotopic (exact) mass is 267 g/mol. The van der Waals surface area contributed by atoms with Crippen LogP contribution in [0, 0.1) is 6.92 Å². The molecule has 1 fully saturated rings. The molecule has 1 aliphatic heterocycles. The van der Waals surface area contributed by atoms with E-state index in [9.17, 15) is 0 Å². The molecule has 0 bridgehead atoms. The Morgan fingerprint density at radius 1 is 1.44 bits per heavy atom. The van der Waals surface area contributed by atoms with Gasteiger partial charge < -0.3 is 4.90 Å². The molecule has 1 atom stereocenters. The summed E-state index contributed by atoms with van der Waals surface area (Å²) in [5.41, 5.74) is 2.32. The van der Waals surface area contributed by atoms with Gasteiger partial charge >= 0.3 is 0 Å². The molecule has 4 heteroatoms. The molecule has 0 N–H and O–H groups in total. The number of alkyl halides is 1. The zero-order chi connectivity index (χ0) is 13.1. The van der Waals surface area contributed by atoms with Gasteiger partial charge in [-0.2, -0.15) is 0 Å². The number of likely N-dealkylation sites (N-methyl/N-ethyl adjacent to an activating group) is 1. The molecule has 0 aromatic carbocycles. The van der Waals surface area contributed by atoms with Gasteiger partial charge in [-0.3, -0.25) is 4.90 Å². The SMILES string of the molecule is CCN1CCN(c2ncc(CCl)cc2C)CC1C. The van der Waals surface area contributed by atoms with Crippen LogP contribution in [0.2, 0.25) is 0 Å². The van der Waals surface area contributed by atoms with Crippen LogP contribution in [0.25, 0.3) is 0 Å². The number of hydrogen-bond donors (Lipinski definition) is 0. The Labute approximate surface area is 115 Å². The summed E-state index contributed by atoms with van der Waals surface area (Å²) in [6.45, 7) is 11.0. The molecule has 0 radical (unpaired) electrons. The standard InChI is InChI=1S/C14H22ClN3/c1-4-17-5-6-18(10-12(17)3)14-11(2)7-13(8-15)9-16-14/h7,9,12H,4-6,8,10H2,1-3H3. The molecule has 1 unspecified atom stereocenters. The van der Waals surface area contributed by atoms with Gasteiger partial charge in [0.15, 0.2) is 0 Å². The summed E-state index contributed by atoms with van der Waals surface area (Å²) < 4.78 is 0. The van der Waals surface area contributed by atoms with E-state index in [4.69, 9.17) is 11.6 Å². The number of anilines is 1. The fraction of sp³-hybridized carbons (Fsp3) is 0.643. The normalized spacial score (nSPS) is 21.3. The maximum Gasteiger partial charge on any atom is 0.131 e. The number of halogens is 1. The molecular weight excluding hydrogens is 246 g/mol. The zero-order valence-corrected chi connectivity index (χ0v) is 12.2. The van der Waals surface area contributed by atoms with Crippen molar-refractivity contribution in [3.8, 4) is 0 Å². The van der Waals surface area contributed by atoms with Crippen molar-refractivity contribution in [2.75, 3.05) is 31.1 Å². The van der Waals surface area contributed by atoms with E-state index in [1.165, 1.54) is 5.56 Å². The average Bonchev–Trinajstić information content (AvgIpc) is 2.38. The Morgan fingerprint density at radius 3 is 2.78 bits per heavy atom. The molecule has 1 saturated heterocycles. The summed E-state index contributed by atoms with van der Waals surface area (Å²) >= 11 is 5.84. The molecule has 2 rings (SSSR count). The molecule has 18 heavy (non-hydrogen) atoms. The van der Waals surface area contributed by atoms with Crippen LogP contribution in [-0.4, -0.2) is 42.1 Å². The van der Waals surface area contributed by atoms with Crippen molar-refractivity contribution in [3.63, 3.8) is 0 Å². The lowest BCUT2D eigenvalue weighted by Crippen LogP contribution is -2.52. The van der Waals surface area contributed by atoms with Crippen LogP contribution >= 0.6 is 11.6 Å². The first-order valence-corrected chi connectivity index (χ1v) is 7.19. The first-order chi connectivity index (χ1) is 8.65. The molecule has 0 saturated carbocycles. The van der Waals surface area contributed by atoms with E-state index in [2.05, 4.69) is 41.6 Å². The van der Waals surface area contributed by atoms with E-state index >= 15 is 0 Å². The fourth-order valence-electron chi connectivity index (χ4n) is 2.69. The Kier molecular flexibility index (Phi) is 4.46. The van der Waals surface area contributed by atoms with Crippen LogP contribution in [0.1, 0.15) is 25.0 Å². The Hall–Kier alpha value is -0.800. The molecule has 100 valence electrons. The molecule has 1 aromatic rings. The molecule has 0 spiro atoms. The van der Waals surface area contributed by atoms with Crippen molar-refractivity contribution < 1.29 is 0 Å². The first-order valence-electron chi connectivity index (χ1n) is 6.66. The Balaban J connectivity index is 2.13. The van der Waals surface area contributed by atoms with Crippen LogP contribution in [0.3, 0.4) is 0 Å². The van der Waals surface area contributed by atoms with Crippen molar-refractivity contribution in [2.45, 2.75) is 32.7 Å². The Morgan fingerprint density at radius 2 is 2.22 bits per heavy atom. The van der Waals surface area contributed by atoms with Gasteiger partial charge in [-0.05, 0) is 37.6 Å². The smallest absolute Gasteiger partial charge is 0.131 e. The number of nitrogens with zero attached hydrogens (tertiary/aromatic N) is 3. The number of hydrogen-bond acceptors (Lipinski definition) is 3. The van der Waals surface area contributed by atoms with E-state index in [0.29, 0.717) is 11.9 Å². The highest BCUT2D eigenvalue weighted by molar-refractivity contribution is 6.17. The summed E-state index contributed by atoms with van der Waals surface area (Å²) in [7, 11) is 0. The summed E-state index contributed by atoms with van der Waals surface area (Å²) in [6.07, 6.45) is 1.90. The topological polar surface area (TPSA) is 19.4 Å². The van der Waals surface area contributed by atoms with Crippen LogP contribution in [0.5, 0.6) is 0 Å². The average molecular weight is 268 g/mol. The largest absolute Gasteiger partial charge is 0.354 e. The highest BCUT2D eigenvalue weighted by Gasteiger charge is 2.23. The van der Waals surface area contributed by atoms with Crippen molar-refractivity contribution in [2.24, 2.45) is 0 Å². The van der Waals surface area contributed by atoms with Crippen molar-refractivity contribution in [1.82, 2.24) is 9.88 Å². The summed E-state index contributed by atoms with van der Waals surface area (Å²) in [5.74, 6) is 1.65. The second-order valence-electron chi connectivity index (χ2n) is 5.04. The molecule has 1 aromatic heterocycles. The van der Waals surface area contributed by atoms with E-state index < -0.39 is 0 Å². The van der Waals surface area contributed by atoms with Gasteiger partial charge in [0, 0.05) is 37.8 Å². The second-order valence-corrected chi connectivity index (χ2v) is 5.31. The Bertz CT molecular complexity index is 408. The lowest BCUT2D eigenvalue weighted by Gasteiger charge is -2.40. The van der Waals surface area contributed by atoms with E-state index in [1.807, 2.05) is 6.20 Å². The molecule has 1 aliphatic rings. The summed E-state index contributed by atoms with van der Waals surface area (Å²) in [6, 6.07) is 2.74. The van der Waals surface area contributed by atoms with Gasteiger partial charge in [-0.15, -0.1) is 11.6 Å². The van der Waals surface area contributed by atoms with E-state index in [0.717, 1.165) is 37.6 Å². The lowest BCUT2D eigenvalue weighted by atomic mass is 10.1. The molecule has 2 heterocycles. The highest BCUT2D eigenvalue weighted by Crippen LogP contribution is 2.22. The minimum atomic E-state index is 0.536. The number of aryl methyl sites for hydroxylation is 1. The van der Waals surface area contributed by atoms with Gasteiger partial charge in [0.25, 0.3) is 0 Å². The maximum absolute atomic E-state index is 5.84. The van der Waals surface area contributed by atoms with Crippen LogP contribution in [0.15, 0.2) is 12.3 Å². The van der Waals surface area contributed by atoms with Crippen LogP contribution in [-0.2, 0) is 5.88 Å². The van der Waals surface area contributed by atoms with Gasteiger partial charge in [-0.25, -0.2) is 4.98 Å². The van der Waals surface area contributed by atoms with E-state index in [-0.39, 0.29) is 0 Å². The summed E-state index contributed by atoms with van der Waals surface area (Å²) in [4.78, 5) is 9.49. The lowest BCUT2D eigenvalue weighted by molar-refractivity contribution is 0.199. The quantitative estimate of drug-likeness (QED) is 0.785. The number of rotatable bonds is 3. The number of pyridine rings is 1. The molecule has 3 nitrogen and oxygen atoms in total. The number of aromatic nitrogens is 1. The van der Waals surface area contributed by atoms with E-state index in [1.54, 1.807) is 0 Å². The third-order valence-electron chi connectivity index (χ3n) is 3.73. The van der Waals surface area contributed by atoms with Gasteiger partial charge in [0.2, 0.25) is 0 Å². The minimum absolute atomic E-state index is 0.536.